The SMILES string of the molecule is CO[C@@H]1C[C@@H](C(=O)Nc2ccc(S(=O)(=O)NC(C)(C)CO)cc2)N(C(=O)c2ccc(F)cc2)C1. The van der Waals surface area contributed by atoms with E-state index in [0.717, 1.165) is 0 Å². The van der Waals surface area contributed by atoms with E-state index in [1.54, 1.807) is 13.8 Å². The summed E-state index contributed by atoms with van der Waals surface area (Å²) >= 11 is 0. The summed E-state index contributed by atoms with van der Waals surface area (Å²) in [5, 5.41) is 12.0. The van der Waals surface area contributed by atoms with Gasteiger partial charge in [0.2, 0.25) is 15.9 Å². The number of nitrogens with zero attached hydrogens (tertiary/aromatic N) is 1. The molecule has 2 atom stereocenters. The van der Waals surface area contributed by atoms with E-state index < -0.39 is 39.2 Å². The van der Waals surface area contributed by atoms with Crippen LogP contribution in [0.3, 0.4) is 0 Å². The van der Waals surface area contributed by atoms with E-state index >= 15 is 0 Å². The number of aliphatic hydroxyl groups excluding tert-OH is 1. The molecule has 1 heterocycles. The molecule has 11 heteroatoms. The van der Waals surface area contributed by atoms with Crippen LogP contribution in [0.5, 0.6) is 0 Å². The number of nitrogens with one attached hydrogen (secondary N) is 2. The third-order valence-corrected chi connectivity index (χ3v) is 7.20. The molecule has 0 spiro atoms. The summed E-state index contributed by atoms with van der Waals surface area (Å²) < 4.78 is 46.0. The number of amides is 2. The predicted octanol–water partition coefficient (Wildman–Crippen LogP) is 1.74. The quantitative estimate of drug-likeness (QED) is 0.515. The van der Waals surface area contributed by atoms with E-state index in [9.17, 15) is 27.5 Å². The number of carbonyl (C=O) groups is 2. The van der Waals surface area contributed by atoms with Crippen LogP contribution in [0, 0.1) is 5.82 Å². The third kappa shape index (κ3) is 5.98. The minimum atomic E-state index is -3.87. The Bertz CT molecular complexity index is 1140. The molecule has 0 saturated carbocycles. The van der Waals surface area contributed by atoms with Gasteiger partial charge in [-0.3, -0.25) is 9.59 Å². The Morgan fingerprint density at radius 1 is 1.15 bits per heavy atom. The van der Waals surface area contributed by atoms with E-state index in [1.807, 2.05) is 0 Å². The largest absolute Gasteiger partial charge is 0.394 e. The van der Waals surface area contributed by atoms with Gasteiger partial charge in [0.05, 0.1) is 23.1 Å². The highest BCUT2D eigenvalue weighted by molar-refractivity contribution is 7.89. The summed E-state index contributed by atoms with van der Waals surface area (Å²) in [6, 6.07) is 9.80. The van der Waals surface area contributed by atoms with Crippen LogP contribution in [-0.2, 0) is 19.6 Å². The lowest BCUT2D eigenvalue weighted by atomic mass is 10.1. The number of hydrogen-bond donors (Lipinski definition) is 3. The zero-order chi connectivity index (χ0) is 25.1. The fourth-order valence-corrected chi connectivity index (χ4v) is 5.00. The minimum absolute atomic E-state index is 0.0274. The number of aliphatic hydroxyl groups is 1. The van der Waals surface area contributed by atoms with Crippen molar-refractivity contribution >= 4 is 27.5 Å². The molecule has 1 fully saturated rings. The molecule has 3 rings (SSSR count). The molecule has 2 aromatic carbocycles. The zero-order valence-corrected chi connectivity index (χ0v) is 19.9. The number of carbonyl (C=O) groups excluding carboxylic acids is 2. The first-order valence-electron chi connectivity index (χ1n) is 10.6. The second-order valence-electron chi connectivity index (χ2n) is 8.73. The van der Waals surface area contributed by atoms with E-state index in [1.165, 1.54) is 60.5 Å². The average Bonchev–Trinajstić information content (AvgIpc) is 3.24. The van der Waals surface area contributed by atoms with Gasteiger partial charge in [-0.25, -0.2) is 17.5 Å². The molecule has 0 bridgehead atoms. The second-order valence-corrected chi connectivity index (χ2v) is 10.4. The molecule has 2 aromatic rings. The number of hydrogen-bond acceptors (Lipinski definition) is 6. The minimum Gasteiger partial charge on any atom is -0.394 e. The summed E-state index contributed by atoms with van der Waals surface area (Å²) in [5.74, 6) is -1.34. The van der Waals surface area contributed by atoms with Crippen molar-refractivity contribution in [3.05, 3.63) is 59.9 Å². The van der Waals surface area contributed by atoms with Crippen molar-refractivity contribution in [1.82, 2.24) is 9.62 Å². The van der Waals surface area contributed by atoms with Gasteiger partial charge in [0.25, 0.3) is 5.91 Å². The lowest BCUT2D eigenvalue weighted by Gasteiger charge is -2.24. The highest BCUT2D eigenvalue weighted by atomic mass is 32.2. The summed E-state index contributed by atoms with van der Waals surface area (Å²) in [5.41, 5.74) is -0.434. The topological polar surface area (TPSA) is 125 Å². The maximum absolute atomic E-state index is 13.2. The zero-order valence-electron chi connectivity index (χ0n) is 19.1. The van der Waals surface area contributed by atoms with Crippen molar-refractivity contribution in [3.8, 4) is 0 Å². The van der Waals surface area contributed by atoms with Crippen LogP contribution in [-0.4, -0.2) is 68.2 Å². The van der Waals surface area contributed by atoms with Gasteiger partial charge in [-0.2, -0.15) is 0 Å². The second kappa shape index (κ2) is 10.2. The standard InChI is InChI=1S/C23H28FN3O6S/c1-23(2,14-28)26-34(31,32)19-10-8-17(9-11-19)25-21(29)20-12-18(33-3)13-27(20)22(30)15-4-6-16(24)7-5-15/h4-11,18,20,26,28H,12-14H2,1-3H3,(H,25,29)/t18-,20+/m1/s1. The van der Waals surface area contributed by atoms with E-state index in [-0.39, 0.29) is 36.1 Å². The van der Waals surface area contributed by atoms with E-state index in [4.69, 9.17) is 4.74 Å². The molecule has 0 unspecified atom stereocenters. The van der Waals surface area contributed by atoms with Crippen molar-refractivity contribution in [1.29, 1.82) is 0 Å². The van der Waals surface area contributed by atoms with Crippen molar-refractivity contribution in [2.24, 2.45) is 0 Å². The van der Waals surface area contributed by atoms with Gasteiger partial charge in [0, 0.05) is 31.3 Å². The first-order chi connectivity index (χ1) is 16.0. The number of sulfonamides is 1. The molecular formula is C23H28FN3O6S. The first kappa shape index (κ1) is 25.8. The summed E-state index contributed by atoms with van der Waals surface area (Å²) in [6.45, 7) is 2.92. The molecule has 184 valence electrons. The Kier molecular flexibility index (Phi) is 7.71. The Morgan fingerprint density at radius 3 is 2.32 bits per heavy atom. The summed E-state index contributed by atoms with van der Waals surface area (Å²) in [4.78, 5) is 27.3. The fourth-order valence-electron chi connectivity index (χ4n) is 3.60. The van der Waals surface area contributed by atoms with Gasteiger partial charge < -0.3 is 20.1 Å². The predicted molar refractivity (Wildman–Crippen MR) is 123 cm³/mol. The molecule has 0 aliphatic carbocycles. The maximum Gasteiger partial charge on any atom is 0.254 e. The smallest absolute Gasteiger partial charge is 0.254 e. The first-order valence-corrected chi connectivity index (χ1v) is 12.1. The fraction of sp³-hybridized carbons (Fsp3) is 0.391. The molecule has 34 heavy (non-hydrogen) atoms. The highest BCUT2D eigenvalue weighted by Gasteiger charge is 2.40. The Hall–Kier alpha value is -2.86. The molecular weight excluding hydrogens is 465 g/mol. The highest BCUT2D eigenvalue weighted by Crippen LogP contribution is 2.25. The van der Waals surface area contributed by atoms with Crippen LogP contribution in [0.2, 0.25) is 0 Å². The third-order valence-electron chi connectivity index (χ3n) is 5.49. The van der Waals surface area contributed by atoms with Crippen LogP contribution in [0.1, 0.15) is 30.6 Å². The Morgan fingerprint density at radius 2 is 1.76 bits per heavy atom. The molecule has 9 nitrogen and oxygen atoms in total. The number of halogens is 1. The number of anilines is 1. The number of benzene rings is 2. The molecule has 0 radical (unpaired) electrons. The lowest BCUT2D eigenvalue weighted by molar-refractivity contribution is -0.119. The monoisotopic (exact) mass is 493 g/mol. The Labute approximate surface area is 198 Å². The van der Waals surface area contributed by atoms with Crippen molar-refractivity contribution < 1.29 is 32.2 Å². The van der Waals surface area contributed by atoms with Gasteiger partial charge in [-0.05, 0) is 62.4 Å². The number of methoxy groups -OCH3 is 1. The van der Waals surface area contributed by atoms with Crippen LogP contribution >= 0.6 is 0 Å². The molecule has 1 saturated heterocycles. The average molecular weight is 494 g/mol. The molecule has 1 aliphatic rings. The van der Waals surface area contributed by atoms with E-state index in [2.05, 4.69) is 10.0 Å². The summed E-state index contributed by atoms with van der Waals surface area (Å²) in [6.07, 6.45) is -0.0596. The van der Waals surface area contributed by atoms with Crippen LogP contribution in [0.4, 0.5) is 10.1 Å². The number of likely N-dealkylation sites (tertiary alicyclic amines) is 1. The van der Waals surface area contributed by atoms with Gasteiger partial charge in [-0.1, -0.05) is 0 Å². The van der Waals surface area contributed by atoms with Crippen LogP contribution in [0.15, 0.2) is 53.4 Å². The molecule has 2 amide bonds. The summed E-state index contributed by atoms with van der Waals surface area (Å²) in [7, 11) is -2.38. The molecule has 1 aliphatic heterocycles. The van der Waals surface area contributed by atoms with Crippen molar-refractivity contribution in [2.45, 2.75) is 42.8 Å². The van der Waals surface area contributed by atoms with Gasteiger partial charge in [0.1, 0.15) is 11.9 Å². The Balaban J connectivity index is 1.74. The normalized spacial score (nSPS) is 18.7. The van der Waals surface area contributed by atoms with Crippen LogP contribution in [0.25, 0.3) is 0 Å². The van der Waals surface area contributed by atoms with Gasteiger partial charge in [-0.15, -0.1) is 0 Å². The lowest BCUT2D eigenvalue weighted by Crippen LogP contribution is -2.46. The number of ether oxygens (including phenoxy) is 1. The molecule has 0 aromatic heterocycles. The van der Waals surface area contributed by atoms with Crippen LogP contribution < -0.4 is 10.0 Å². The van der Waals surface area contributed by atoms with Crippen molar-refractivity contribution in [3.63, 3.8) is 0 Å². The molecule has 3 N–H and O–H groups in total. The van der Waals surface area contributed by atoms with E-state index in [0.29, 0.717) is 5.69 Å². The number of rotatable bonds is 8. The van der Waals surface area contributed by atoms with Gasteiger partial charge >= 0.3 is 0 Å². The van der Waals surface area contributed by atoms with Gasteiger partial charge in [0.15, 0.2) is 0 Å². The van der Waals surface area contributed by atoms with Crippen molar-refractivity contribution in [2.75, 3.05) is 25.6 Å². The maximum atomic E-state index is 13.2.